The smallest absolute Gasteiger partial charge is 0.341 e. The number of amides is 2. The summed E-state index contributed by atoms with van der Waals surface area (Å²) < 4.78 is 37.8. The van der Waals surface area contributed by atoms with Crippen LogP contribution in [0.2, 0.25) is 0 Å². The first-order valence-electron chi connectivity index (χ1n) is 11.2. The number of ether oxygens (including phenoxy) is 2. The summed E-state index contributed by atoms with van der Waals surface area (Å²) in [5.74, 6) is -5.04. The van der Waals surface area contributed by atoms with Crippen molar-refractivity contribution in [3.63, 3.8) is 0 Å². The first-order valence-corrected chi connectivity index (χ1v) is 15.4. The molecule has 2 amide bonds. The van der Waals surface area contributed by atoms with Gasteiger partial charge in [0.1, 0.15) is 23.1 Å². The van der Waals surface area contributed by atoms with Crippen molar-refractivity contribution in [2.45, 2.75) is 25.8 Å². The number of sulfone groups is 1. The number of halogens is 1. The highest BCUT2D eigenvalue weighted by molar-refractivity contribution is 9.10. The average Bonchev–Trinajstić information content (AvgIpc) is 3.50. The van der Waals surface area contributed by atoms with Gasteiger partial charge in [-0.05, 0) is 43.0 Å². The molecule has 1 aromatic carbocycles. The Labute approximate surface area is 233 Å². The van der Waals surface area contributed by atoms with Crippen LogP contribution in [-0.2, 0) is 53.1 Å². The third-order valence-corrected chi connectivity index (χ3v) is 9.77. The normalized spacial score (nSPS) is 13.4. The van der Waals surface area contributed by atoms with Crippen LogP contribution in [0.5, 0.6) is 0 Å². The van der Waals surface area contributed by atoms with Gasteiger partial charge in [-0.15, -0.1) is 11.3 Å². The fourth-order valence-electron chi connectivity index (χ4n) is 4.03. The molecule has 0 fully saturated rings. The number of rotatable bonds is 8. The average molecular weight is 645 g/mol. The molecule has 2 heterocycles. The lowest BCUT2D eigenvalue weighted by Crippen LogP contribution is -2.29. The van der Waals surface area contributed by atoms with Gasteiger partial charge in [0.2, 0.25) is 5.91 Å². The number of fused-ring (bicyclic) bond motifs is 2. The number of hydrogen-bond acceptors (Lipinski definition) is 10. The number of aromatic nitrogens is 1. The molecule has 1 aliphatic rings. The first kappa shape index (κ1) is 28.1. The predicted octanol–water partition coefficient (Wildman–Crippen LogP) is 2.46. The van der Waals surface area contributed by atoms with Crippen molar-refractivity contribution in [1.82, 2.24) is 4.57 Å². The minimum absolute atomic E-state index is 0.115. The van der Waals surface area contributed by atoms with E-state index in [-0.39, 0.29) is 21.9 Å². The second kappa shape index (κ2) is 11.5. The second-order valence-electron chi connectivity index (χ2n) is 8.30. The number of anilines is 1. The molecule has 0 spiro atoms. The summed E-state index contributed by atoms with van der Waals surface area (Å²) in [7, 11) is -1.74. The molecule has 11 nitrogen and oxygen atoms in total. The maximum absolute atomic E-state index is 12.7. The summed E-state index contributed by atoms with van der Waals surface area (Å²) in [6.07, 6.45) is 2.32. The van der Waals surface area contributed by atoms with Gasteiger partial charge in [0.15, 0.2) is 14.6 Å². The van der Waals surface area contributed by atoms with Crippen LogP contribution in [0.3, 0.4) is 0 Å². The highest BCUT2D eigenvalue weighted by atomic mass is 79.9. The van der Waals surface area contributed by atoms with E-state index < -0.39 is 45.1 Å². The van der Waals surface area contributed by atoms with Crippen LogP contribution in [-0.4, -0.2) is 62.5 Å². The minimum Gasteiger partial charge on any atom is -0.468 e. The molecule has 15 heteroatoms. The van der Waals surface area contributed by atoms with Crippen molar-refractivity contribution in [1.29, 1.82) is 0 Å². The van der Waals surface area contributed by atoms with E-state index in [4.69, 9.17) is 9.47 Å². The zero-order chi connectivity index (χ0) is 27.6. The number of thiazole rings is 1. The number of nitrogens with zero attached hydrogens (tertiary/aromatic N) is 2. The lowest BCUT2D eigenvalue weighted by atomic mass is 10.1. The SMILES string of the molecule is COC(=O)Cn1c(=NC(=O)CS(=O)(=O)CC(=O)Nc2sc3c(c2C(=O)OC)CCC3)sc2cc(Br)ccc21. The lowest BCUT2D eigenvalue weighted by Gasteiger charge is -2.07. The summed E-state index contributed by atoms with van der Waals surface area (Å²) in [6.45, 7) is -0.229. The van der Waals surface area contributed by atoms with Crippen LogP contribution in [0.4, 0.5) is 5.00 Å². The molecule has 38 heavy (non-hydrogen) atoms. The van der Waals surface area contributed by atoms with Gasteiger partial charge in [0.25, 0.3) is 5.91 Å². The molecular weight excluding hydrogens is 622 g/mol. The quantitative estimate of drug-likeness (QED) is 0.368. The van der Waals surface area contributed by atoms with Gasteiger partial charge in [0, 0.05) is 9.35 Å². The number of hydrogen-bond donors (Lipinski definition) is 1. The van der Waals surface area contributed by atoms with Crippen molar-refractivity contribution in [3.05, 3.63) is 43.5 Å². The summed E-state index contributed by atoms with van der Waals surface area (Å²) in [4.78, 5) is 54.4. The fourth-order valence-corrected chi connectivity index (χ4v) is 7.94. The summed E-state index contributed by atoms with van der Waals surface area (Å²) in [5.41, 5.74) is 1.67. The second-order valence-corrected chi connectivity index (χ2v) is 13.4. The van der Waals surface area contributed by atoms with Crippen molar-refractivity contribution < 1.29 is 37.1 Å². The molecule has 202 valence electrons. The Morgan fingerprint density at radius 3 is 2.58 bits per heavy atom. The maximum Gasteiger partial charge on any atom is 0.341 e. The van der Waals surface area contributed by atoms with Crippen LogP contribution < -0.4 is 10.1 Å². The molecule has 0 saturated carbocycles. The zero-order valence-corrected chi connectivity index (χ0v) is 24.3. The van der Waals surface area contributed by atoms with Gasteiger partial charge in [-0.3, -0.25) is 14.4 Å². The lowest BCUT2D eigenvalue weighted by molar-refractivity contribution is -0.141. The topological polar surface area (TPSA) is 150 Å². The molecule has 2 aromatic heterocycles. The number of aryl methyl sites for hydroxylation is 1. The van der Waals surface area contributed by atoms with E-state index >= 15 is 0 Å². The van der Waals surface area contributed by atoms with Crippen LogP contribution in [0.1, 0.15) is 27.2 Å². The number of benzene rings is 1. The van der Waals surface area contributed by atoms with E-state index in [0.717, 1.165) is 39.1 Å². The van der Waals surface area contributed by atoms with E-state index in [1.54, 1.807) is 18.2 Å². The van der Waals surface area contributed by atoms with Crippen molar-refractivity contribution in [2.75, 3.05) is 31.0 Å². The summed E-state index contributed by atoms with van der Waals surface area (Å²) in [5, 5.41) is 2.73. The van der Waals surface area contributed by atoms with Crippen LogP contribution in [0.25, 0.3) is 10.2 Å². The van der Waals surface area contributed by atoms with E-state index in [2.05, 4.69) is 26.2 Å². The molecular formula is C23H22BrN3O8S3. The molecule has 0 atom stereocenters. The maximum atomic E-state index is 12.7. The van der Waals surface area contributed by atoms with E-state index in [9.17, 15) is 27.6 Å². The Balaban J connectivity index is 1.52. The molecule has 3 aromatic rings. The highest BCUT2D eigenvalue weighted by Crippen LogP contribution is 2.39. The Kier molecular flexibility index (Phi) is 8.49. The standard InChI is InChI=1S/C23H22BrN3O8S3/c1-34-19(30)9-27-14-7-6-12(24)8-16(14)37-23(27)26-18(29)11-38(32,33)10-17(28)25-21-20(22(31)35-2)13-4-3-5-15(13)36-21/h6-8H,3-5,9-11H2,1-2H3,(H,25,28). The summed E-state index contributed by atoms with van der Waals surface area (Å²) >= 11 is 5.68. The number of carbonyl (C=O) groups excluding carboxylic acids is 4. The van der Waals surface area contributed by atoms with E-state index in [1.807, 2.05) is 0 Å². The monoisotopic (exact) mass is 643 g/mol. The van der Waals surface area contributed by atoms with Crippen LogP contribution >= 0.6 is 38.6 Å². The molecule has 0 saturated heterocycles. The molecule has 0 unspecified atom stereocenters. The zero-order valence-electron chi connectivity index (χ0n) is 20.2. The van der Waals surface area contributed by atoms with Gasteiger partial charge in [-0.25, -0.2) is 13.2 Å². The Morgan fingerprint density at radius 2 is 1.87 bits per heavy atom. The van der Waals surface area contributed by atoms with Gasteiger partial charge in [0.05, 0.1) is 30.0 Å². The van der Waals surface area contributed by atoms with Gasteiger partial charge in [-0.2, -0.15) is 4.99 Å². The Hall–Kier alpha value is -2.88. The fraction of sp³-hybridized carbons (Fsp3) is 0.348. The first-order chi connectivity index (χ1) is 18.0. The van der Waals surface area contributed by atoms with Gasteiger partial charge >= 0.3 is 11.9 Å². The largest absolute Gasteiger partial charge is 0.468 e. The van der Waals surface area contributed by atoms with Crippen LogP contribution in [0.15, 0.2) is 27.7 Å². The number of carbonyl (C=O) groups is 4. The molecule has 0 bridgehead atoms. The highest BCUT2D eigenvalue weighted by Gasteiger charge is 2.29. The molecule has 1 aliphatic carbocycles. The van der Waals surface area contributed by atoms with E-state index in [1.165, 1.54) is 30.1 Å². The molecule has 4 rings (SSSR count). The van der Waals surface area contributed by atoms with Crippen LogP contribution in [0, 0.1) is 0 Å². The molecule has 0 aliphatic heterocycles. The molecule has 0 radical (unpaired) electrons. The number of thiophene rings is 1. The number of esters is 2. The summed E-state index contributed by atoms with van der Waals surface area (Å²) in [6, 6.07) is 5.26. The van der Waals surface area contributed by atoms with Crippen molar-refractivity contribution in [3.8, 4) is 0 Å². The Morgan fingerprint density at radius 1 is 1.11 bits per heavy atom. The third-order valence-electron chi connectivity index (χ3n) is 5.64. The van der Waals surface area contributed by atoms with Crippen molar-refractivity contribution in [2.24, 2.45) is 4.99 Å². The van der Waals surface area contributed by atoms with E-state index in [0.29, 0.717) is 16.6 Å². The predicted molar refractivity (Wildman–Crippen MR) is 145 cm³/mol. The molecule has 1 N–H and O–H groups in total. The van der Waals surface area contributed by atoms with Crippen molar-refractivity contribution >= 4 is 87.4 Å². The number of nitrogens with one attached hydrogen (secondary N) is 1. The number of methoxy groups -OCH3 is 2. The van der Waals surface area contributed by atoms with Gasteiger partial charge in [-0.1, -0.05) is 27.3 Å². The van der Waals surface area contributed by atoms with Gasteiger partial charge < -0.3 is 19.4 Å². The third kappa shape index (κ3) is 6.22. The Bertz CT molecular complexity index is 1630. The minimum atomic E-state index is -4.20.